The molecule has 0 amide bonds. The van der Waals surface area contributed by atoms with Crippen molar-refractivity contribution in [3.8, 4) is 5.75 Å². The number of para-hydroxylation sites is 1. The predicted octanol–water partition coefficient (Wildman–Crippen LogP) is 2.51. The molecular weight excluding hydrogens is 292 g/mol. The van der Waals surface area contributed by atoms with Crippen molar-refractivity contribution < 1.29 is 9.15 Å². The van der Waals surface area contributed by atoms with Gasteiger partial charge in [0, 0.05) is 26.2 Å². The number of nitrogens with zero attached hydrogens (tertiary/aromatic N) is 3. The lowest BCUT2D eigenvalue weighted by molar-refractivity contribution is 0.394. The van der Waals surface area contributed by atoms with E-state index in [1.54, 1.807) is 14.2 Å². The van der Waals surface area contributed by atoms with E-state index in [0.29, 0.717) is 19.0 Å². The van der Waals surface area contributed by atoms with Gasteiger partial charge in [-0.1, -0.05) is 18.2 Å². The average Bonchev–Trinajstić information content (AvgIpc) is 2.87. The van der Waals surface area contributed by atoms with E-state index in [9.17, 15) is 0 Å². The van der Waals surface area contributed by atoms with Gasteiger partial charge in [0.25, 0.3) is 0 Å². The molecule has 23 heavy (non-hydrogen) atoms. The molecule has 0 atom stereocenters. The number of methoxy groups -OCH3 is 1. The SMILES string of the molecule is CN=C(NCc1nc(C)c(C)o1)N(C)Cc1ccccc1OC. The molecule has 2 aromatic rings. The maximum atomic E-state index is 5.58. The number of hydrogen-bond donors (Lipinski definition) is 1. The van der Waals surface area contributed by atoms with E-state index >= 15 is 0 Å². The van der Waals surface area contributed by atoms with Crippen LogP contribution in [0.15, 0.2) is 33.7 Å². The lowest BCUT2D eigenvalue weighted by Crippen LogP contribution is -2.38. The summed E-state index contributed by atoms with van der Waals surface area (Å²) in [5, 5.41) is 3.26. The van der Waals surface area contributed by atoms with Crippen LogP contribution in [0, 0.1) is 13.8 Å². The topological polar surface area (TPSA) is 62.9 Å². The normalized spacial score (nSPS) is 11.4. The van der Waals surface area contributed by atoms with Gasteiger partial charge < -0.3 is 19.4 Å². The molecule has 1 aromatic heterocycles. The fraction of sp³-hybridized carbons (Fsp3) is 0.412. The zero-order valence-electron chi connectivity index (χ0n) is 14.4. The third-order valence-corrected chi connectivity index (χ3v) is 3.64. The Morgan fingerprint density at radius 1 is 1.35 bits per heavy atom. The zero-order valence-corrected chi connectivity index (χ0v) is 14.4. The highest BCUT2D eigenvalue weighted by Crippen LogP contribution is 2.18. The van der Waals surface area contributed by atoms with E-state index < -0.39 is 0 Å². The second-order valence-corrected chi connectivity index (χ2v) is 5.32. The van der Waals surface area contributed by atoms with E-state index in [1.165, 1.54) is 0 Å². The van der Waals surface area contributed by atoms with Crippen LogP contribution >= 0.6 is 0 Å². The van der Waals surface area contributed by atoms with Crippen LogP contribution in [-0.4, -0.2) is 37.0 Å². The number of nitrogens with one attached hydrogen (secondary N) is 1. The first-order chi connectivity index (χ1) is 11.0. The van der Waals surface area contributed by atoms with Crippen LogP contribution in [0.3, 0.4) is 0 Å². The van der Waals surface area contributed by atoms with E-state index in [4.69, 9.17) is 9.15 Å². The molecule has 1 heterocycles. The van der Waals surface area contributed by atoms with Gasteiger partial charge >= 0.3 is 0 Å². The highest BCUT2D eigenvalue weighted by molar-refractivity contribution is 5.79. The number of aryl methyl sites for hydroxylation is 2. The fourth-order valence-corrected chi connectivity index (χ4v) is 2.32. The van der Waals surface area contributed by atoms with Gasteiger partial charge in [-0.15, -0.1) is 0 Å². The molecule has 124 valence electrons. The molecule has 0 unspecified atom stereocenters. The van der Waals surface area contributed by atoms with Gasteiger partial charge in [0.05, 0.1) is 19.3 Å². The molecule has 2 rings (SSSR count). The maximum absolute atomic E-state index is 5.58. The predicted molar refractivity (Wildman–Crippen MR) is 90.6 cm³/mol. The molecular formula is C17H24N4O2. The largest absolute Gasteiger partial charge is 0.496 e. The second-order valence-electron chi connectivity index (χ2n) is 5.32. The first-order valence-corrected chi connectivity index (χ1v) is 7.51. The van der Waals surface area contributed by atoms with Gasteiger partial charge in [0.1, 0.15) is 11.5 Å². The molecule has 1 aromatic carbocycles. The van der Waals surface area contributed by atoms with E-state index in [-0.39, 0.29) is 0 Å². The summed E-state index contributed by atoms with van der Waals surface area (Å²) in [6.45, 7) is 5.03. The van der Waals surface area contributed by atoms with Gasteiger partial charge in [0.15, 0.2) is 5.96 Å². The zero-order chi connectivity index (χ0) is 16.8. The molecule has 0 aliphatic rings. The Morgan fingerprint density at radius 2 is 2.09 bits per heavy atom. The van der Waals surface area contributed by atoms with Gasteiger partial charge in [-0.2, -0.15) is 0 Å². The number of hydrogen-bond acceptors (Lipinski definition) is 4. The molecule has 0 spiro atoms. The van der Waals surface area contributed by atoms with E-state index in [0.717, 1.165) is 28.7 Å². The first-order valence-electron chi connectivity index (χ1n) is 7.51. The van der Waals surface area contributed by atoms with Gasteiger partial charge in [0.2, 0.25) is 5.89 Å². The Bertz CT molecular complexity index is 659. The van der Waals surface area contributed by atoms with Crippen molar-refractivity contribution in [3.05, 3.63) is 47.2 Å². The van der Waals surface area contributed by atoms with Gasteiger partial charge in [-0.3, -0.25) is 4.99 Å². The number of aliphatic imine (C=N–C) groups is 1. The monoisotopic (exact) mass is 316 g/mol. The van der Waals surface area contributed by atoms with E-state index in [1.807, 2.05) is 50.1 Å². The summed E-state index contributed by atoms with van der Waals surface area (Å²) >= 11 is 0. The fourth-order valence-electron chi connectivity index (χ4n) is 2.32. The number of aromatic nitrogens is 1. The number of rotatable bonds is 5. The minimum Gasteiger partial charge on any atom is -0.496 e. The third-order valence-electron chi connectivity index (χ3n) is 3.64. The summed E-state index contributed by atoms with van der Waals surface area (Å²) in [7, 11) is 5.42. The van der Waals surface area contributed by atoms with Crippen LogP contribution in [0.2, 0.25) is 0 Å². The maximum Gasteiger partial charge on any atom is 0.214 e. The molecule has 6 nitrogen and oxygen atoms in total. The van der Waals surface area contributed by atoms with Gasteiger partial charge in [-0.05, 0) is 19.9 Å². The molecule has 0 aliphatic carbocycles. The highest BCUT2D eigenvalue weighted by atomic mass is 16.5. The van der Waals surface area contributed by atoms with E-state index in [2.05, 4.69) is 15.3 Å². The van der Waals surface area contributed by atoms with Crippen molar-refractivity contribution in [1.82, 2.24) is 15.2 Å². The number of guanidine groups is 1. The summed E-state index contributed by atoms with van der Waals surface area (Å²) in [5.41, 5.74) is 2.02. The van der Waals surface area contributed by atoms with Crippen LogP contribution in [0.5, 0.6) is 5.75 Å². The van der Waals surface area contributed by atoms with Crippen molar-refractivity contribution in [2.24, 2.45) is 4.99 Å². The summed E-state index contributed by atoms with van der Waals surface area (Å²) in [4.78, 5) is 10.7. The third kappa shape index (κ3) is 4.25. The van der Waals surface area contributed by atoms with Crippen LogP contribution in [0.4, 0.5) is 0 Å². The lowest BCUT2D eigenvalue weighted by Gasteiger charge is -2.22. The first kappa shape index (κ1) is 16.9. The molecule has 0 bridgehead atoms. The number of oxazole rings is 1. The average molecular weight is 316 g/mol. The number of ether oxygens (including phenoxy) is 1. The van der Waals surface area contributed by atoms with Crippen LogP contribution in [0.25, 0.3) is 0 Å². The van der Waals surface area contributed by atoms with Crippen LogP contribution < -0.4 is 10.1 Å². The molecule has 0 fully saturated rings. The minimum atomic E-state index is 0.498. The molecule has 0 aliphatic heterocycles. The quantitative estimate of drug-likeness (QED) is 0.678. The van der Waals surface area contributed by atoms with Gasteiger partial charge in [-0.25, -0.2) is 4.98 Å². The Balaban J connectivity index is 2.00. The standard InChI is InChI=1S/C17H24N4O2/c1-12-13(2)23-16(20-12)10-19-17(18-3)21(4)11-14-8-6-7-9-15(14)22-5/h6-9H,10-11H2,1-5H3,(H,18,19). The Labute approximate surface area is 137 Å². The lowest BCUT2D eigenvalue weighted by atomic mass is 10.2. The summed E-state index contributed by atoms with van der Waals surface area (Å²) < 4.78 is 11.0. The number of benzene rings is 1. The van der Waals surface area contributed by atoms with Crippen LogP contribution in [-0.2, 0) is 13.1 Å². The van der Waals surface area contributed by atoms with Crippen molar-refractivity contribution in [2.45, 2.75) is 26.9 Å². The Hall–Kier alpha value is -2.50. The smallest absolute Gasteiger partial charge is 0.214 e. The van der Waals surface area contributed by atoms with Crippen LogP contribution in [0.1, 0.15) is 22.9 Å². The summed E-state index contributed by atoms with van der Waals surface area (Å²) in [6, 6.07) is 7.96. The molecule has 0 saturated heterocycles. The Morgan fingerprint density at radius 3 is 2.70 bits per heavy atom. The van der Waals surface area contributed by atoms with Crippen molar-refractivity contribution in [2.75, 3.05) is 21.2 Å². The van der Waals surface area contributed by atoms with Crippen molar-refractivity contribution >= 4 is 5.96 Å². The second kappa shape index (κ2) is 7.67. The Kier molecular flexibility index (Phi) is 5.62. The summed E-state index contributed by atoms with van der Waals surface area (Å²) in [6.07, 6.45) is 0. The summed E-state index contributed by atoms with van der Waals surface area (Å²) in [5.74, 6) is 3.14. The highest BCUT2D eigenvalue weighted by Gasteiger charge is 2.11. The molecule has 1 N–H and O–H groups in total. The van der Waals surface area contributed by atoms with Crippen molar-refractivity contribution in [1.29, 1.82) is 0 Å². The molecule has 0 radical (unpaired) electrons. The molecule has 6 heteroatoms. The molecule has 0 saturated carbocycles. The van der Waals surface area contributed by atoms with Crippen molar-refractivity contribution in [3.63, 3.8) is 0 Å². The minimum absolute atomic E-state index is 0.498.